The lowest BCUT2D eigenvalue weighted by Crippen LogP contribution is -2.57. The fraction of sp³-hybridized carbons (Fsp3) is 0.560. The molecule has 3 fully saturated rings. The van der Waals surface area contributed by atoms with Crippen molar-refractivity contribution in [2.45, 2.75) is 54.9 Å². The van der Waals surface area contributed by atoms with Crippen molar-refractivity contribution in [2.24, 2.45) is 11.8 Å². The molecule has 2 bridgehead atoms. The molecule has 1 spiro atoms. The number of aliphatic hydroxyl groups is 1. The van der Waals surface area contributed by atoms with E-state index in [2.05, 4.69) is 32.8 Å². The van der Waals surface area contributed by atoms with Gasteiger partial charge in [0, 0.05) is 24.5 Å². The molecule has 5 rings (SSSR count). The van der Waals surface area contributed by atoms with Gasteiger partial charge < -0.3 is 24.7 Å². The number of alkyl halides is 1. The molecule has 2 aromatic rings. The van der Waals surface area contributed by atoms with Crippen molar-refractivity contribution in [3.05, 3.63) is 36.9 Å². The summed E-state index contributed by atoms with van der Waals surface area (Å²) in [5, 5.41) is 27.6. The number of nitrogens with zero attached hydrogens (tertiary/aromatic N) is 5. The first-order valence-electron chi connectivity index (χ1n) is 12.5. The predicted molar refractivity (Wildman–Crippen MR) is 135 cm³/mol. The third kappa shape index (κ3) is 4.15. The first-order valence-corrected chi connectivity index (χ1v) is 13.4. The maximum atomic E-state index is 14.3. The van der Waals surface area contributed by atoms with Gasteiger partial charge in [-0.15, -0.1) is 11.7 Å². The number of halogens is 1. The number of para-hydroxylation sites is 1. The van der Waals surface area contributed by atoms with Gasteiger partial charge in [0.15, 0.2) is 0 Å². The van der Waals surface area contributed by atoms with Gasteiger partial charge in [0.05, 0.1) is 23.5 Å². The molecule has 2 N–H and O–H groups in total. The fourth-order valence-electron chi connectivity index (χ4n) is 6.23. The number of hydrogen-bond acceptors (Lipinski definition) is 7. The lowest BCUT2D eigenvalue weighted by Gasteiger charge is -2.37. The second kappa shape index (κ2) is 10.1. The topological polar surface area (TPSA) is 138 Å². The van der Waals surface area contributed by atoms with Crippen molar-refractivity contribution >= 4 is 44.7 Å². The lowest BCUT2D eigenvalue weighted by atomic mass is 9.70. The number of unbranched alkanes of at least 4 members (excludes halogenated alkanes) is 2. The predicted octanol–water partition coefficient (Wildman–Crippen LogP) is 1.40. The van der Waals surface area contributed by atoms with Gasteiger partial charge in [-0.2, -0.15) is 0 Å². The number of aromatic nitrogens is 3. The van der Waals surface area contributed by atoms with Crippen molar-refractivity contribution in [2.75, 3.05) is 19.7 Å². The Balaban J connectivity index is 1.51. The Morgan fingerprint density at radius 3 is 2.81 bits per heavy atom. The van der Waals surface area contributed by atoms with Gasteiger partial charge in [-0.3, -0.25) is 14.4 Å². The van der Waals surface area contributed by atoms with Crippen molar-refractivity contribution in [3.63, 3.8) is 0 Å². The Morgan fingerprint density at radius 1 is 1.30 bits per heavy atom. The van der Waals surface area contributed by atoms with Crippen LogP contribution in [0.4, 0.5) is 0 Å². The summed E-state index contributed by atoms with van der Waals surface area (Å²) in [5.74, 6) is -3.77. The quantitative estimate of drug-likeness (QED) is 0.233. The summed E-state index contributed by atoms with van der Waals surface area (Å²) in [6.07, 6.45) is 3.10. The van der Waals surface area contributed by atoms with Crippen LogP contribution in [0.15, 0.2) is 36.9 Å². The molecule has 198 valence electrons. The molecule has 0 saturated carbocycles. The molecule has 1 aromatic heterocycles. The van der Waals surface area contributed by atoms with E-state index in [9.17, 15) is 19.5 Å². The molecule has 1 unspecified atom stereocenters. The lowest BCUT2D eigenvalue weighted by molar-refractivity contribution is -0.151. The Labute approximate surface area is 222 Å². The summed E-state index contributed by atoms with van der Waals surface area (Å²) >= 11 is 3.56. The van der Waals surface area contributed by atoms with E-state index in [-0.39, 0.29) is 43.0 Å². The van der Waals surface area contributed by atoms with Crippen LogP contribution in [0.2, 0.25) is 0 Å². The van der Waals surface area contributed by atoms with E-state index in [0.717, 1.165) is 5.52 Å². The van der Waals surface area contributed by atoms with Crippen LogP contribution < -0.4 is 0 Å². The first-order chi connectivity index (χ1) is 17.8. The average molecular weight is 576 g/mol. The largest absolute Gasteiger partial charge is 0.481 e. The van der Waals surface area contributed by atoms with Gasteiger partial charge in [0.25, 0.3) is 0 Å². The minimum absolute atomic E-state index is 0.0407. The highest BCUT2D eigenvalue weighted by Gasteiger charge is 2.76. The molecule has 11 nitrogen and oxygen atoms in total. The molecular formula is C25H30BrN5O6. The van der Waals surface area contributed by atoms with E-state index in [1.54, 1.807) is 15.7 Å². The Kier molecular flexibility index (Phi) is 7.08. The fourth-order valence-corrected chi connectivity index (χ4v) is 7.17. The first kappa shape index (κ1) is 25.8. The number of ether oxygens (including phenoxy) is 1. The van der Waals surface area contributed by atoms with Gasteiger partial charge >= 0.3 is 5.97 Å². The second-order valence-corrected chi connectivity index (χ2v) is 11.1. The monoisotopic (exact) mass is 575 g/mol. The van der Waals surface area contributed by atoms with E-state index >= 15 is 0 Å². The molecule has 0 aliphatic carbocycles. The van der Waals surface area contributed by atoms with Crippen molar-refractivity contribution in [1.82, 2.24) is 24.8 Å². The zero-order chi connectivity index (χ0) is 26.3. The van der Waals surface area contributed by atoms with Crippen LogP contribution in [-0.4, -0.2) is 95.1 Å². The molecule has 1 aromatic carbocycles. The van der Waals surface area contributed by atoms with Gasteiger partial charge in [-0.1, -0.05) is 39.4 Å². The zero-order valence-electron chi connectivity index (χ0n) is 20.3. The van der Waals surface area contributed by atoms with Crippen molar-refractivity contribution in [1.29, 1.82) is 0 Å². The molecule has 37 heavy (non-hydrogen) atoms. The van der Waals surface area contributed by atoms with Crippen molar-refractivity contribution < 1.29 is 29.3 Å². The van der Waals surface area contributed by atoms with Crippen molar-refractivity contribution in [3.8, 4) is 0 Å². The van der Waals surface area contributed by atoms with E-state index in [1.807, 2.05) is 24.3 Å². The van der Waals surface area contributed by atoms with E-state index in [0.29, 0.717) is 31.2 Å². The average Bonchev–Trinajstić information content (AvgIpc) is 3.59. The highest BCUT2D eigenvalue weighted by molar-refractivity contribution is 9.09. The van der Waals surface area contributed by atoms with Crippen LogP contribution in [0.3, 0.4) is 0 Å². The third-order valence-corrected chi connectivity index (χ3v) is 8.60. The van der Waals surface area contributed by atoms with Crippen LogP contribution in [0.5, 0.6) is 0 Å². The van der Waals surface area contributed by atoms with E-state index < -0.39 is 35.6 Å². The normalized spacial score (nSPS) is 30.2. The maximum Gasteiger partial charge on any atom is 0.310 e. The molecule has 6 atom stereocenters. The number of benzene rings is 1. The molecule has 3 aliphatic rings. The number of carbonyl (C=O) groups excluding carboxylic acids is 2. The van der Waals surface area contributed by atoms with Crippen LogP contribution in [-0.2, 0) is 25.8 Å². The third-order valence-electron chi connectivity index (χ3n) is 7.75. The summed E-state index contributed by atoms with van der Waals surface area (Å²) in [5.41, 5.74) is 0.211. The maximum absolute atomic E-state index is 14.3. The number of aliphatic hydroxyl groups excluding tert-OH is 1. The summed E-state index contributed by atoms with van der Waals surface area (Å²) < 4.78 is 7.95. The number of amides is 2. The minimum Gasteiger partial charge on any atom is -0.481 e. The Bertz CT molecular complexity index is 1220. The number of rotatable bonds is 11. The number of fused-ring (bicyclic) bond motifs is 2. The molecule has 4 heterocycles. The Morgan fingerprint density at radius 2 is 2.08 bits per heavy atom. The highest BCUT2D eigenvalue weighted by Crippen LogP contribution is 2.60. The number of aliphatic carboxylic acids is 1. The molecule has 12 heteroatoms. The van der Waals surface area contributed by atoms with Gasteiger partial charge in [-0.05, 0) is 37.8 Å². The number of carboxylic acids is 1. The molecule has 0 radical (unpaired) electrons. The number of likely N-dealkylation sites (tertiary alicyclic amines) is 1. The molecule has 3 aliphatic heterocycles. The number of hydrogen-bond donors (Lipinski definition) is 2. The molecule has 3 saturated heterocycles. The number of carbonyl (C=O) groups is 3. The van der Waals surface area contributed by atoms with E-state index in [4.69, 9.17) is 9.84 Å². The minimum atomic E-state index is -1.24. The Hall–Kier alpha value is -2.83. The van der Waals surface area contributed by atoms with E-state index in [1.165, 1.54) is 4.90 Å². The summed E-state index contributed by atoms with van der Waals surface area (Å²) in [6, 6.07) is 6.43. The van der Waals surface area contributed by atoms with Crippen LogP contribution in [0.25, 0.3) is 11.0 Å². The van der Waals surface area contributed by atoms with Crippen LogP contribution >= 0.6 is 15.9 Å². The van der Waals surface area contributed by atoms with Gasteiger partial charge in [0.2, 0.25) is 11.8 Å². The van der Waals surface area contributed by atoms with Gasteiger partial charge in [-0.25, -0.2) is 4.68 Å². The van der Waals surface area contributed by atoms with Crippen LogP contribution in [0.1, 0.15) is 25.7 Å². The van der Waals surface area contributed by atoms with Crippen LogP contribution in [0, 0.1) is 11.8 Å². The summed E-state index contributed by atoms with van der Waals surface area (Å²) in [6.45, 7) is 4.40. The SMILES string of the molecule is C=CCN(Cn1nnc2ccccc21)C(=O)[C@H]1N(CCCCCO)C(=O)[C@@H]2[C@@H](C(=O)O)[C@@H]3O[C@@]21CC3Br. The zero-order valence-corrected chi connectivity index (χ0v) is 21.9. The summed E-state index contributed by atoms with van der Waals surface area (Å²) in [4.78, 5) is 43.1. The smallest absolute Gasteiger partial charge is 0.310 e. The van der Waals surface area contributed by atoms with Gasteiger partial charge in [0.1, 0.15) is 23.8 Å². The second-order valence-electron chi connectivity index (χ2n) is 9.89. The number of carboxylic acid groups (broad SMARTS) is 1. The summed E-state index contributed by atoms with van der Waals surface area (Å²) in [7, 11) is 0. The highest BCUT2D eigenvalue weighted by atomic mass is 79.9. The molecule has 2 amide bonds. The standard InChI is InChI=1S/C25H30BrN5O6/c1-2-10-29(14-31-17-9-5-4-8-16(17)27-28-31)23(34)21-25-13-15(26)20(37-25)18(24(35)36)19(25)22(33)30(21)11-6-3-7-12-32/h2,4-5,8-9,15,18-21,32H,1,3,6-7,10-14H2,(H,35,36)/t15?,18-,19+,20-,21-,25+/m1/s1. The molecular weight excluding hydrogens is 546 g/mol.